The molecule has 74 valence electrons. The molecular weight excluding hydrogens is 200 g/mol. The van der Waals surface area contributed by atoms with Gasteiger partial charge in [0.05, 0.1) is 16.7 Å². The number of hydrogen-bond acceptors (Lipinski definition) is 3. The van der Waals surface area contributed by atoms with Crippen LogP contribution in [0.3, 0.4) is 0 Å². The van der Waals surface area contributed by atoms with Crippen LogP contribution in [0.1, 0.15) is 5.56 Å². The zero-order valence-corrected chi connectivity index (χ0v) is 8.64. The Labute approximate surface area is 88.3 Å². The number of nitrogens with zero attached hydrogens (tertiary/aromatic N) is 1. The third-order valence-electron chi connectivity index (χ3n) is 1.67. The fraction of sp³-hybridized carbons (Fsp3) is 0.300. The van der Waals surface area contributed by atoms with Crippen molar-refractivity contribution in [1.82, 2.24) is 5.32 Å². The first-order valence-electron chi connectivity index (χ1n) is 4.25. The van der Waals surface area contributed by atoms with E-state index >= 15 is 0 Å². The average molecular weight is 211 g/mol. The van der Waals surface area contributed by atoms with Gasteiger partial charge in [0, 0.05) is 6.54 Å². The van der Waals surface area contributed by atoms with Crippen molar-refractivity contribution in [3.05, 3.63) is 28.8 Å². The number of halogens is 1. The van der Waals surface area contributed by atoms with Gasteiger partial charge >= 0.3 is 0 Å². The molecule has 0 aliphatic heterocycles. The smallest absolute Gasteiger partial charge is 0.138 e. The van der Waals surface area contributed by atoms with Crippen LogP contribution in [0.25, 0.3) is 0 Å². The third kappa shape index (κ3) is 2.91. The van der Waals surface area contributed by atoms with Gasteiger partial charge in [-0.05, 0) is 25.2 Å². The van der Waals surface area contributed by atoms with Gasteiger partial charge in [-0.15, -0.1) is 0 Å². The molecule has 0 heterocycles. The third-order valence-corrected chi connectivity index (χ3v) is 1.97. The summed E-state index contributed by atoms with van der Waals surface area (Å²) in [6, 6.07) is 6.99. The molecule has 4 heteroatoms. The molecule has 0 spiro atoms. The summed E-state index contributed by atoms with van der Waals surface area (Å²) in [6.07, 6.45) is 0. The van der Waals surface area contributed by atoms with Gasteiger partial charge in [-0.1, -0.05) is 11.6 Å². The van der Waals surface area contributed by atoms with Crippen LogP contribution in [0.4, 0.5) is 0 Å². The van der Waals surface area contributed by atoms with Crippen LogP contribution >= 0.6 is 11.6 Å². The highest BCUT2D eigenvalue weighted by molar-refractivity contribution is 6.32. The molecule has 0 saturated carbocycles. The van der Waals surface area contributed by atoms with E-state index in [1.54, 1.807) is 18.2 Å². The van der Waals surface area contributed by atoms with Crippen LogP contribution in [0, 0.1) is 11.3 Å². The summed E-state index contributed by atoms with van der Waals surface area (Å²) in [5.74, 6) is 0.612. The van der Waals surface area contributed by atoms with Crippen molar-refractivity contribution in [2.75, 3.05) is 20.2 Å². The van der Waals surface area contributed by atoms with E-state index in [0.717, 1.165) is 6.54 Å². The van der Waals surface area contributed by atoms with Crippen molar-refractivity contribution < 1.29 is 4.74 Å². The number of nitrogens with one attached hydrogen (secondary N) is 1. The van der Waals surface area contributed by atoms with E-state index in [4.69, 9.17) is 21.6 Å². The predicted octanol–water partition coefficient (Wildman–Crippen LogP) is 1.81. The zero-order valence-electron chi connectivity index (χ0n) is 7.88. The Morgan fingerprint density at radius 2 is 2.36 bits per heavy atom. The van der Waals surface area contributed by atoms with Crippen LogP contribution in [-0.2, 0) is 0 Å². The van der Waals surface area contributed by atoms with Crippen molar-refractivity contribution in [1.29, 1.82) is 5.26 Å². The maximum absolute atomic E-state index is 8.61. The first-order chi connectivity index (χ1) is 6.77. The first-order valence-corrected chi connectivity index (χ1v) is 4.62. The number of nitriles is 1. The summed E-state index contributed by atoms with van der Waals surface area (Å²) >= 11 is 5.89. The van der Waals surface area contributed by atoms with Crippen molar-refractivity contribution >= 4 is 11.6 Å². The second kappa shape index (κ2) is 5.48. The zero-order chi connectivity index (χ0) is 10.4. The molecule has 0 atom stereocenters. The van der Waals surface area contributed by atoms with Gasteiger partial charge in [0.25, 0.3) is 0 Å². The lowest BCUT2D eigenvalue weighted by atomic mass is 10.2. The highest BCUT2D eigenvalue weighted by Gasteiger charge is 2.01. The Morgan fingerprint density at radius 3 is 2.93 bits per heavy atom. The molecule has 1 aromatic carbocycles. The Morgan fingerprint density at radius 1 is 1.57 bits per heavy atom. The quantitative estimate of drug-likeness (QED) is 0.771. The molecule has 14 heavy (non-hydrogen) atoms. The maximum atomic E-state index is 8.61. The molecule has 0 aliphatic carbocycles. The minimum absolute atomic E-state index is 0.472. The minimum Gasteiger partial charge on any atom is -0.491 e. The maximum Gasteiger partial charge on any atom is 0.138 e. The largest absolute Gasteiger partial charge is 0.491 e. The van der Waals surface area contributed by atoms with E-state index in [1.165, 1.54) is 0 Å². The molecule has 1 rings (SSSR count). The highest BCUT2D eigenvalue weighted by Crippen LogP contribution is 2.24. The van der Waals surface area contributed by atoms with E-state index < -0.39 is 0 Å². The topological polar surface area (TPSA) is 45.0 Å². The fourth-order valence-electron chi connectivity index (χ4n) is 0.950. The molecule has 1 N–H and O–H groups in total. The monoisotopic (exact) mass is 210 g/mol. The average Bonchev–Trinajstić information content (AvgIpc) is 2.20. The van der Waals surface area contributed by atoms with E-state index in [9.17, 15) is 0 Å². The lowest BCUT2D eigenvalue weighted by Crippen LogP contribution is -2.16. The second-order valence-corrected chi connectivity index (χ2v) is 3.12. The van der Waals surface area contributed by atoms with Gasteiger partial charge in [-0.25, -0.2) is 0 Å². The summed E-state index contributed by atoms with van der Waals surface area (Å²) in [7, 11) is 1.85. The van der Waals surface area contributed by atoms with E-state index in [1.807, 2.05) is 13.1 Å². The molecule has 0 bridgehead atoms. The lowest BCUT2D eigenvalue weighted by molar-refractivity contribution is 0.318. The van der Waals surface area contributed by atoms with Crippen molar-refractivity contribution in [2.24, 2.45) is 0 Å². The number of rotatable bonds is 4. The highest BCUT2D eigenvalue weighted by atomic mass is 35.5. The SMILES string of the molecule is CNCCOc1ccc(C#N)cc1Cl. The van der Waals surface area contributed by atoms with Crippen LogP contribution < -0.4 is 10.1 Å². The number of ether oxygens (including phenoxy) is 1. The number of likely N-dealkylation sites (N-methyl/N-ethyl adjacent to an activating group) is 1. The van der Waals surface area contributed by atoms with Gasteiger partial charge in [0.2, 0.25) is 0 Å². The molecule has 0 aliphatic rings. The summed E-state index contributed by atoms with van der Waals surface area (Å²) in [6.45, 7) is 1.32. The Balaban J connectivity index is 2.65. The standard InChI is InChI=1S/C10H11ClN2O/c1-13-4-5-14-10-3-2-8(7-12)6-9(10)11/h2-3,6,13H,4-5H2,1H3. The van der Waals surface area contributed by atoms with Gasteiger partial charge in [-0.2, -0.15) is 5.26 Å². The van der Waals surface area contributed by atoms with Gasteiger partial charge < -0.3 is 10.1 Å². The second-order valence-electron chi connectivity index (χ2n) is 2.71. The normalized spacial score (nSPS) is 9.50. The van der Waals surface area contributed by atoms with Crippen LogP contribution in [0.5, 0.6) is 5.75 Å². The molecule has 0 fully saturated rings. The van der Waals surface area contributed by atoms with Crippen molar-refractivity contribution in [3.8, 4) is 11.8 Å². The van der Waals surface area contributed by atoms with Gasteiger partial charge in [-0.3, -0.25) is 0 Å². The van der Waals surface area contributed by atoms with E-state index in [-0.39, 0.29) is 0 Å². The first kappa shape index (κ1) is 10.8. The fourth-order valence-corrected chi connectivity index (χ4v) is 1.19. The van der Waals surface area contributed by atoms with Crippen LogP contribution in [0.15, 0.2) is 18.2 Å². The van der Waals surface area contributed by atoms with Gasteiger partial charge in [0.15, 0.2) is 0 Å². The molecular formula is C10H11ClN2O. The lowest BCUT2D eigenvalue weighted by Gasteiger charge is -2.07. The molecule has 0 amide bonds. The summed E-state index contributed by atoms with van der Waals surface area (Å²) in [5, 5.41) is 12.0. The van der Waals surface area contributed by atoms with E-state index in [2.05, 4.69) is 5.32 Å². The molecule has 0 radical (unpaired) electrons. The summed E-state index contributed by atoms with van der Waals surface area (Å²) < 4.78 is 5.37. The predicted molar refractivity (Wildman–Crippen MR) is 55.6 cm³/mol. The van der Waals surface area contributed by atoms with Crippen LogP contribution in [-0.4, -0.2) is 20.2 Å². The van der Waals surface area contributed by atoms with Gasteiger partial charge in [0.1, 0.15) is 12.4 Å². The minimum atomic E-state index is 0.472. The number of hydrogen-bond donors (Lipinski definition) is 1. The van der Waals surface area contributed by atoms with Crippen LogP contribution in [0.2, 0.25) is 5.02 Å². The Hall–Kier alpha value is -1.24. The van der Waals surface area contributed by atoms with Crippen molar-refractivity contribution in [3.63, 3.8) is 0 Å². The van der Waals surface area contributed by atoms with E-state index in [0.29, 0.717) is 22.9 Å². The van der Waals surface area contributed by atoms with Crippen molar-refractivity contribution in [2.45, 2.75) is 0 Å². The molecule has 0 aromatic heterocycles. The Bertz CT molecular complexity index is 346. The molecule has 1 aromatic rings. The molecule has 0 saturated heterocycles. The summed E-state index contributed by atoms with van der Waals surface area (Å²) in [4.78, 5) is 0. The Kier molecular flexibility index (Phi) is 4.24. The molecule has 3 nitrogen and oxygen atoms in total. The molecule has 0 unspecified atom stereocenters. The summed E-state index contributed by atoms with van der Waals surface area (Å²) in [5.41, 5.74) is 0.538. The number of benzene rings is 1.